The number of hydrogen-bond donors (Lipinski definition) is 5. The molecule has 0 aliphatic carbocycles. The van der Waals surface area contributed by atoms with Gasteiger partial charge in [-0.15, -0.1) is 0 Å². The molecule has 0 radical (unpaired) electrons. The molecule has 11 nitrogen and oxygen atoms in total. The molecule has 0 atom stereocenters. The molecule has 2 heterocycles. The molecule has 0 unspecified atom stereocenters. The highest BCUT2D eigenvalue weighted by Gasteiger charge is 2.12. The topological polar surface area (TPSA) is 176 Å². The Morgan fingerprint density at radius 2 is 1.90 bits per heavy atom. The third kappa shape index (κ3) is 5.12. The number of alkyl halides is 1. The van der Waals surface area contributed by atoms with Crippen molar-refractivity contribution in [2.75, 3.05) is 18.6 Å². The molecule has 6 N–H and O–H groups in total. The number of anilines is 1. The van der Waals surface area contributed by atoms with Gasteiger partial charge in [-0.05, 0) is 18.2 Å². The van der Waals surface area contributed by atoms with Crippen LogP contribution in [0.25, 0.3) is 33.1 Å². The first-order valence-electron chi connectivity index (χ1n) is 8.84. The van der Waals surface area contributed by atoms with E-state index in [9.17, 15) is 14.0 Å². The Morgan fingerprint density at radius 1 is 1.19 bits per heavy atom. The maximum atomic E-state index is 12.0. The summed E-state index contributed by atoms with van der Waals surface area (Å²) in [6.07, 6.45) is -2.12. The van der Waals surface area contributed by atoms with Gasteiger partial charge in [-0.2, -0.15) is 5.10 Å². The van der Waals surface area contributed by atoms with Crippen LogP contribution in [0, 0.1) is 0 Å². The molecule has 160 valence electrons. The molecule has 0 aliphatic rings. The summed E-state index contributed by atoms with van der Waals surface area (Å²) in [5.41, 5.74) is 6.44. The van der Waals surface area contributed by atoms with Gasteiger partial charge in [0.2, 0.25) is 5.95 Å². The smallest absolute Gasteiger partial charge is 0.414 e. The van der Waals surface area contributed by atoms with Crippen molar-refractivity contribution in [1.82, 2.24) is 20.2 Å². The number of rotatable bonds is 4. The highest BCUT2D eigenvalue weighted by atomic mass is 19.1. The molecule has 2 amide bonds. The Morgan fingerprint density at radius 3 is 2.61 bits per heavy atom. The number of amides is 2. The van der Waals surface area contributed by atoms with E-state index in [0.717, 1.165) is 10.9 Å². The number of nitrogens with zero attached hydrogens (tertiary/aromatic N) is 2. The summed E-state index contributed by atoms with van der Waals surface area (Å²) in [7, 11) is 0. The van der Waals surface area contributed by atoms with Gasteiger partial charge >= 0.3 is 12.2 Å². The number of hydrogen-bond acceptors (Lipinski definition) is 6. The molecule has 0 bridgehead atoms. The van der Waals surface area contributed by atoms with Crippen molar-refractivity contribution in [3.63, 3.8) is 0 Å². The molecule has 2 aromatic carbocycles. The second-order valence-corrected chi connectivity index (χ2v) is 6.05. The first-order chi connectivity index (χ1) is 14.9. The van der Waals surface area contributed by atoms with E-state index in [4.69, 9.17) is 9.90 Å². The lowest BCUT2D eigenvalue weighted by Gasteiger charge is -2.04. The van der Waals surface area contributed by atoms with Gasteiger partial charge in [-0.1, -0.05) is 24.3 Å². The second kappa shape index (κ2) is 9.35. The fourth-order valence-corrected chi connectivity index (χ4v) is 2.81. The maximum Gasteiger partial charge on any atom is 0.414 e. The zero-order chi connectivity index (χ0) is 22.4. The summed E-state index contributed by atoms with van der Waals surface area (Å²) in [6.45, 7) is -1.07. The number of fused-ring (bicyclic) bond motifs is 2. The number of nitrogens with one attached hydrogen (secondary N) is 3. The average molecular weight is 428 g/mol. The van der Waals surface area contributed by atoms with Crippen molar-refractivity contribution in [2.24, 2.45) is 5.73 Å². The fraction of sp³-hybridized carbons (Fsp3) is 0.105. The van der Waals surface area contributed by atoms with E-state index in [-0.39, 0.29) is 18.1 Å². The number of nitrogens with two attached hydrogens (primary N) is 1. The van der Waals surface area contributed by atoms with Crippen LogP contribution in [0.3, 0.4) is 0 Å². The van der Waals surface area contributed by atoms with Crippen LogP contribution in [0.2, 0.25) is 0 Å². The SMILES string of the molecule is NC(=O)O.O=C(Nc1nc2ccc(-c3n[nH]c(=O)c4ccccc34)cc2[nH]1)OCCF. The first kappa shape index (κ1) is 21.2. The molecule has 4 aromatic rings. The van der Waals surface area contributed by atoms with Crippen LogP contribution in [-0.2, 0) is 4.74 Å². The largest absolute Gasteiger partial charge is 0.465 e. The third-order valence-electron chi connectivity index (χ3n) is 3.98. The Balaban J connectivity index is 0.000000628. The lowest BCUT2D eigenvalue weighted by Crippen LogP contribution is -2.15. The van der Waals surface area contributed by atoms with Gasteiger partial charge in [0.25, 0.3) is 5.56 Å². The zero-order valence-corrected chi connectivity index (χ0v) is 15.9. The van der Waals surface area contributed by atoms with Crippen LogP contribution in [0.15, 0.2) is 47.3 Å². The van der Waals surface area contributed by atoms with E-state index in [0.29, 0.717) is 22.1 Å². The van der Waals surface area contributed by atoms with Crippen LogP contribution in [0.5, 0.6) is 0 Å². The third-order valence-corrected chi connectivity index (χ3v) is 3.98. The summed E-state index contributed by atoms with van der Waals surface area (Å²) in [5.74, 6) is 0.185. The molecule has 12 heteroatoms. The Hall–Kier alpha value is -4.48. The number of aromatic amines is 2. The van der Waals surface area contributed by atoms with Crippen molar-refractivity contribution in [1.29, 1.82) is 0 Å². The quantitative estimate of drug-likeness (QED) is 0.332. The number of ether oxygens (including phenoxy) is 1. The summed E-state index contributed by atoms with van der Waals surface area (Å²) >= 11 is 0. The highest BCUT2D eigenvalue weighted by Crippen LogP contribution is 2.27. The number of H-pyrrole nitrogens is 2. The average Bonchev–Trinajstić information content (AvgIpc) is 3.13. The van der Waals surface area contributed by atoms with Crippen LogP contribution in [0.4, 0.5) is 19.9 Å². The standard InChI is InChI=1S/C18H14FN5O3.CH3NO2/c19-7-8-27-18(26)22-17-20-13-6-5-10(9-14(13)21-17)15-11-3-1-2-4-12(11)16(25)24-23-15;2-1(3)4/h1-6,9H,7-8H2,(H,24,25)(H2,20,21,22,26);2H2,(H,3,4). The van der Waals surface area contributed by atoms with Crippen LogP contribution in [-0.4, -0.2) is 50.7 Å². The predicted molar refractivity (Wildman–Crippen MR) is 111 cm³/mol. The number of carbonyl (C=O) groups is 2. The summed E-state index contributed by atoms with van der Waals surface area (Å²) in [4.78, 5) is 39.4. The zero-order valence-electron chi connectivity index (χ0n) is 15.9. The summed E-state index contributed by atoms with van der Waals surface area (Å²) < 4.78 is 16.7. The minimum absolute atomic E-state index is 0.185. The van der Waals surface area contributed by atoms with E-state index in [1.165, 1.54) is 0 Å². The number of carboxylic acid groups (broad SMARTS) is 1. The van der Waals surface area contributed by atoms with Gasteiger partial charge in [-0.3, -0.25) is 10.1 Å². The summed E-state index contributed by atoms with van der Waals surface area (Å²) in [5, 5.41) is 17.6. The van der Waals surface area contributed by atoms with Crippen LogP contribution in [0.1, 0.15) is 0 Å². The molecule has 0 aliphatic heterocycles. The van der Waals surface area contributed by atoms with E-state index in [2.05, 4.69) is 36.0 Å². The molecule has 2 aromatic heterocycles. The Bertz CT molecular complexity index is 1300. The van der Waals surface area contributed by atoms with Gasteiger partial charge in [-0.25, -0.2) is 24.1 Å². The van der Waals surface area contributed by atoms with Crippen molar-refractivity contribution < 1.29 is 23.8 Å². The Kier molecular flexibility index (Phi) is 6.40. The van der Waals surface area contributed by atoms with Crippen molar-refractivity contribution in [3.05, 3.63) is 52.8 Å². The van der Waals surface area contributed by atoms with Crippen LogP contribution < -0.4 is 16.6 Å². The molecular weight excluding hydrogens is 411 g/mol. The lowest BCUT2D eigenvalue weighted by atomic mass is 10.0. The minimum atomic E-state index is -1.33. The number of benzene rings is 2. The fourth-order valence-electron chi connectivity index (χ4n) is 2.81. The second-order valence-electron chi connectivity index (χ2n) is 6.05. The van der Waals surface area contributed by atoms with Crippen molar-refractivity contribution >= 4 is 39.9 Å². The molecule has 4 rings (SSSR count). The molecule has 0 saturated carbocycles. The van der Waals surface area contributed by atoms with Crippen LogP contribution >= 0.6 is 0 Å². The number of primary amides is 1. The lowest BCUT2D eigenvalue weighted by molar-refractivity contribution is 0.152. The van der Waals surface area contributed by atoms with Gasteiger partial charge in [0.15, 0.2) is 0 Å². The summed E-state index contributed by atoms with van der Waals surface area (Å²) in [6, 6.07) is 12.6. The van der Waals surface area contributed by atoms with Crippen molar-refractivity contribution in [3.8, 4) is 11.3 Å². The first-order valence-corrected chi connectivity index (χ1v) is 8.84. The van der Waals surface area contributed by atoms with Gasteiger partial charge < -0.3 is 20.6 Å². The van der Waals surface area contributed by atoms with Gasteiger partial charge in [0, 0.05) is 10.9 Å². The van der Waals surface area contributed by atoms with E-state index in [1.54, 1.807) is 18.2 Å². The molecular formula is C19H17FN6O5. The Labute approximate surface area is 173 Å². The van der Waals surface area contributed by atoms with Gasteiger partial charge in [0.05, 0.1) is 22.1 Å². The maximum absolute atomic E-state index is 12.0. The molecule has 0 spiro atoms. The monoisotopic (exact) mass is 428 g/mol. The molecule has 0 saturated heterocycles. The molecule has 0 fully saturated rings. The van der Waals surface area contributed by atoms with E-state index in [1.807, 2.05) is 24.3 Å². The highest BCUT2D eigenvalue weighted by molar-refractivity contribution is 5.96. The number of aromatic nitrogens is 4. The van der Waals surface area contributed by atoms with E-state index >= 15 is 0 Å². The number of carbonyl (C=O) groups excluding carboxylic acids is 1. The van der Waals surface area contributed by atoms with E-state index < -0.39 is 18.9 Å². The predicted octanol–water partition coefficient (Wildman–Crippen LogP) is 2.61. The van der Waals surface area contributed by atoms with Gasteiger partial charge in [0.1, 0.15) is 13.3 Å². The van der Waals surface area contributed by atoms with Crippen molar-refractivity contribution in [2.45, 2.75) is 0 Å². The number of halogens is 1. The number of imidazole rings is 1. The normalized spacial score (nSPS) is 10.4. The molecule has 31 heavy (non-hydrogen) atoms. The minimum Gasteiger partial charge on any atom is -0.465 e.